The lowest BCUT2D eigenvalue weighted by Gasteiger charge is -2.28. The van der Waals surface area contributed by atoms with Crippen LogP contribution in [0.25, 0.3) is 0 Å². The van der Waals surface area contributed by atoms with Crippen molar-refractivity contribution in [1.29, 1.82) is 0 Å². The van der Waals surface area contributed by atoms with Crippen molar-refractivity contribution in [2.75, 3.05) is 6.16 Å². The highest BCUT2D eigenvalue weighted by Gasteiger charge is 2.44. The molecule has 0 N–H and O–H groups in total. The monoisotopic (exact) mass is 499 g/mol. The molecule has 0 saturated heterocycles. The van der Waals surface area contributed by atoms with Gasteiger partial charge in [-0.05, 0) is 54.5 Å². The van der Waals surface area contributed by atoms with Gasteiger partial charge in [-0.1, -0.05) is 120 Å². The molecule has 3 rings (SSSR count). The van der Waals surface area contributed by atoms with Crippen molar-refractivity contribution < 1.29 is 0 Å². The van der Waals surface area contributed by atoms with Crippen LogP contribution in [0.2, 0.25) is 18.1 Å². The third kappa shape index (κ3) is 7.19. The number of hydrogen-bond donors (Lipinski definition) is 0. The second-order valence-electron chi connectivity index (χ2n) is 9.87. The summed E-state index contributed by atoms with van der Waals surface area (Å²) in [4.78, 5) is 0. The molecule has 35 heavy (non-hydrogen) atoms. The highest BCUT2D eigenvalue weighted by molar-refractivity contribution is 7.95. The Balaban J connectivity index is 2.13. The Hall–Kier alpha value is -2.13. The maximum absolute atomic E-state index is 4.12. The molecule has 0 aromatic heterocycles. The Morgan fingerprint density at radius 2 is 0.886 bits per heavy atom. The highest BCUT2D eigenvalue weighted by Crippen LogP contribution is 2.54. The van der Waals surface area contributed by atoms with Gasteiger partial charge in [-0.25, -0.2) is 0 Å². The summed E-state index contributed by atoms with van der Waals surface area (Å²) in [5.74, 6) is 3.95. The summed E-state index contributed by atoms with van der Waals surface area (Å²) < 4.78 is 0. The topological polar surface area (TPSA) is 0 Å². The summed E-state index contributed by atoms with van der Waals surface area (Å²) in [5.41, 5.74) is 4.12. The van der Waals surface area contributed by atoms with Gasteiger partial charge in [0.2, 0.25) is 0 Å². The van der Waals surface area contributed by atoms with Crippen LogP contribution in [0.4, 0.5) is 0 Å². The van der Waals surface area contributed by atoms with Crippen molar-refractivity contribution in [1.82, 2.24) is 0 Å². The zero-order chi connectivity index (χ0) is 24.8. The van der Waals surface area contributed by atoms with E-state index in [-0.39, 0.29) is 0 Å². The van der Waals surface area contributed by atoms with E-state index < -0.39 is 15.3 Å². The van der Waals surface area contributed by atoms with Gasteiger partial charge in [-0.2, -0.15) is 0 Å². The molecule has 0 fully saturated rings. The van der Waals surface area contributed by atoms with Gasteiger partial charge >= 0.3 is 0 Å². The van der Waals surface area contributed by atoms with E-state index in [1.807, 2.05) is 0 Å². The maximum atomic E-state index is 4.12. The van der Waals surface area contributed by atoms with Crippen LogP contribution in [0.5, 0.6) is 0 Å². The SMILES string of the molecule is CCCC[Si](C#CC[P+](c1ccccc1)(c1ccccc1)c1ccccc1)(CCCC)CCCC. The quantitative estimate of drug-likeness (QED) is 0.126. The molecule has 0 heterocycles. The molecule has 0 radical (unpaired) electrons. The molecule has 0 saturated carbocycles. The molecule has 3 aromatic carbocycles. The fraction of sp³-hybridized carbons (Fsp3) is 0.394. The van der Waals surface area contributed by atoms with Crippen LogP contribution in [0.15, 0.2) is 91.0 Å². The predicted octanol–water partition coefficient (Wildman–Crippen LogP) is 8.37. The average Bonchev–Trinajstić information content (AvgIpc) is 2.93. The molecule has 0 unspecified atom stereocenters. The van der Waals surface area contributed by atoms with Gasteiger partial charge < -0.3 is 0 Å². The molecule has 0 spiro atoms. The molecule has 0 amide bonds. The van der Waals surface area contributed by atoms with Crippen LogP contribution in [-0.4, -0.2) is 14.2 Å². The van der Waals surface area contributed by atoms with Crippen molar-refractivity contribution in [3.8, 4) is 11.5 Å². The van der Waals surface area contributed by atoms with Crippen LogP contribution < -0.4 is 15.9 Å². The van der Waals surface area contributed by atoms with E-state index in [2.05, 4.69) is 123 Å². The van der Waals surface area contributed by atoms with Crippen LogP contribution >= 0.6 is 7.26 Å². The van der Waals surface area contributed by atoms with Crippen LogP contribution in [0, 0.1) is 11.5 Å². The Kier molecular flexibility index (Phi) is 11.3. The van der Waals surface area contributed by atoms with Gasteiger partial charge in [0.1, 0.15) is 37.4 Å². The van der Waals surface area contributed by atoms with Crippen molar-refractivity contribution in [2.45, 2.75) is 77.4 Å². The maximum Gasteiger partial charge on any atom is 0.138 e. The van der Waals surface area contributed by atoms with Crippen LogP contribution in [0.1, 0.15) is 59.3 Å². The minimum atomic E-state index is -1.87. The van der Waals surface area contributed by atoms with Gasteiger partial charge in [0.05, 0.1) is 0 Å². The molecule has 184 valence electrons. The van der Waals surface area contributed by atoms with Crippen LogP contribution in [-0.2, 0) is 0 Å². The highest BCUT2D eigenvalue weighted by atomic mass is 31.2. The minimum Gasteiger partial charge on any atom is -0.127 e. The molecule has 0 atom stereocenters. The Bertz CT molecular complexity index is 916. The molecule has 0 nitrogen and oxygen atoms in total. The first kappa shape index (κ1) is 27.5. The van der Waals surface area contributed by atoms with E-state index in [0.29, 0.717) is 0 Å². The number of unbranched alkanes of at least 4 members (excludes halogenated alkanes) is 3. The third-order valence-corrected chi connectivity index (χ3v) is 16.1. The van der Waals surface area contributed by atoms with Crippen molar-refractivity contribution in [3.05, 3.63) is 91.0 Å². The van der Waals surface area contributed by atoms with E-state index in [4.69, 9.17) is 0 Å². The molecule has 0 aliphatic rings. The lowest BCUT2D eigenvalue weighted by Crippen LogP contribution is -2.34. The zero-order valence-corrected chi connectivity index (χ0v) is 24.1. The first-order valence-electron chi connectivity index (χ1n) is 13.8. The van der Waals surface area contributed by atoms with Gasteiger partial charge in [-0.3, -0.25) is 0 Å². The van der Waals surface area contributed by atoms with Gasteiger partial charge in [0.15, 0.2) is 0 Å². The Labute approximate surface area is 216 Å². The zero-order valence-electron chi connectivity index (χ0n) is 22.2. The molecule has 3 aromatic rings. The van der Waals surface area contributed by atoms with Crippen molar-refractivity contribution >= 4 is 31.2 Å². The number of hydrogen-bond acceptors (Lipinski definition) is 0. The van der Waals surface area contributed by atoms with E-state index in [9.17, 15) is 0 Å². The molecule has 0 aliphatic heterocycles. The summed E-state index contributed by atoms with van der Waals surface area (Å²) in [6.45, 7) is 7.01. The molecular weight excluding hydrogens is 455 g/mol. The first-order chi connectivity index (χ1) is 17.2. The number of rotatable bonds is 13. The second kappa shape index (κ2) is 14.4. The Morgan fingerprint density at radius 1 is 0.543 bits per heavy atom. The van der Waals surface area contributed by atoms with Gasteiger partial charge in [0.25, 0.3) is 0 Å². The lowest BCUT2D eigenvalue weighted by molar-refractivity contribution is 0.802. The molecule has 0 bridgehead atoms. The Morgan fingerprint density at radius 3 is 1.20 bits per heavy atom. The lowest BCUT2D eigenvalue weighted by atomic mass is 10.4. The average molecular weight is 500 g/mol. The summed E-state index contributed by atoms with van der Waals surface area (Å²) in [6.07, 6.45) is 8.79. The van der Waals surface area contributed by atoms with E-state index in [0.717, 1.165) is 6.16 Å². The van der Waals surface area contributed by atoms with E-state index >= 15 is 0 Å². The summed E-state index contributed by atoms with van der Waals surface area (Å²) in [5, 5.41) is 4.32. The van der Waals surface area contributed by atoms with Crippen molar-refractivity contribution in [3.63, 3.8) is 0 Å². The summed E-state index contributed by atoms with van der Waals surface area (Å²) in [7, 11) is -3.47. The second-order valence-corrected chi connectivity index (χ2v) is 17.7. The fourth-order valence-corrected chi connectivity index (χ4v) is 13.9. The predicted molar refractivity (Wildman–Crippen MR) is 163 cm³/mol. The van der Waals surface area contributed by atoms with Gasteiger partial charge in [0, 0.05) is 0 Å². The first-order valence-corrected chi connectivity index (χ1v) is 18.4. The molecular formula is C33H44PSi+. The normalized spacial score (nSPS) is 11.6. The smallest absolute Gasteiger partial charge is 0.127 e. The summed E-state index contributed by atoms with van der Waals surface area (Å²) >= 11 is 0. The third-order valence-electron chi connectivity index (χ3n) is 7.29. The standard InChI is InChI=1S/C33H44PSi/c1-4-7-27-35(28-8-5-2,29-9-6-3)30-19-26-34(31-20-13-10-14-21-31,32-22-15-11-16-23-32)33-24-17-12-18-25-33/h10-18,20-25H,4-9,26-29H2,1-3H3/q+1. The number of benzene rings is 3. The van der Waals surface area contributed by atoms with E-state index in [1.165, 1.54) is 72.6 Å². The largest absolute Gasteiger partial charge is 0.138 e. The molecule has 2 heteroatoms. The van der Waals surface area contributed by atoms with Crippen LogP contribution in [0.3, 0.4) is 0 Å². The minimum absolute atomic E-state index is 0.935. The summed E-state index contributed by atoms with van der Waals surface area (Å²) in [6, 6.07) is 37.8. The fourth-order valence-electron chi connectivity index (χ4n) is 5.22. The van der Waals surface area contributed by atoms with Crippen molar-refractivity contribution in [2.24, 2.45) is 0 Å². The molecule has 0 aliphatic carbocycles. The van der Waals surface area contributed by atoms with E-state index in [1.54, 1.807) is 0 Å². The van der Waals surface area contributed by atoms with Gasteiger partial charge in [-0.15, -0.1) is 5.54 Å².